The predicted octanol–water partition coefficient (Wildman–Crippen LogP) is 2.62. The Kier molecular flexibility index (Phi) is 6.62. The molecule has 0 bridgehead atoms. The number of aryl methyl sites for hydroxylation is 1. The zero-order chi connectivity index (χ0) is 15.9. The van der Waals surface area contributed by atoms with E-state index in [1.807, 2.05) is 26.8 Å². The van der Waals surface area contributed by atoms with E-state index < -0.39 is 0 Å². The summed E-state index contributed by atoms with van der Waals surface area (Å²) in [5, 5.41) is 6.08. The second-order valence-corrected chi connectivity index (χ2v) is 5.66. The molecule has 2 N–H and O–H groups in total. The molecule has 118 valence electrons. The number of nitrogens with one attached hydrogen (secondary N) is 2. The normalized spacial score (nSPS) is 11.3. The van der Waals surface area contributed by atoms with Crippen LogP contribution in [0.4, 0.5) is 5.82 Å². The lowest BCUT2D eigenvalue weighted by molar-refractivity contribution is 0.0229. The summed E-state index contributed by atoms with van der Waals surface area (Å²) in [5.74, 6) is 0.652. The van der Waals surface area contributed by atoms with Crippen molar-refractivity contribution < 1.29 is 9.53 Å². The summed E-state index contributed by atoms with van der Waals surface area (Å²) in [7, 11) is 1.64. The third kappa shape index (κ3) is 5.71. The van der Waals surface area contributed by atoms with Gasteiger partial charge in [-0.15, -0.1) is 0 Å². The van der Waals surface area contributed by atoms with Gasteiger partial charge in [-0.1, -0.05) is 13.3 Å². The molecule has 0 fully saturated rings. The molecule has 21 heavy (non-hydrogen) atoms. The lowest BCUT2D eigenvalue weighted by atomic mass is 10.1. The molecule has 5 heteroatoms. The van der Waals surface area contributed by atoms with Crippen LogP contribution in [-0.2, 0) is 11.2 Å². The molecule has 0 aliphatic rings. The van der Waals surface area contributed by atoms with Gasteiger partial charge in [0.05, 0.1) is 5.60 Å². The van der Waals surface area contributed by atoms with E-state index in [9.17, 15) is 4.79 Å². The standard InChI is InChI=1S/C16H27N3O2/c1-6-8-13-9-12(10-14(19-13)17-7-2)15(20)18-11-16(3,4)21-5/h9-10H,6-8,11H2,1-5H3,(H,17,19)(H,18,20). The van der Waals surface area contributed by atoms with E-state index >= 15 is 0 Å². The van der Waals surface area contributed by atoms with Crippen LogP contribution in [0, 0.1) is 0 Å². The maximum atomic E-state index is 12.3. The van der Waals surface area contributed by atoms with Gasteiger partial charge in [0, 0.05) is 31.5 Å². The molecule has 1 amide bonds. The first-order chi connectivity index (χ1) is 9.91. The van der Waals surface area contributed by atoms with Crippen molar-refractivity contribution in [1.82, 2.24) is 10.3 Å². The number of rotatable bonds is 8. The van der Waals surface area contributed by atoms with Gasteiger partial charge < -0.3 is 15.4 Å². The van der Waals surface area contributed by atoms with E-state index in [0.29, 0.717) is 12.1 Å². The fourth-order valence-electron chi connectivity index (χ4n) is 1.84. The van der Waals surface area contributed by atoms with Crippen LogP contribution in [0.25, 0.3) is 0 Å². The van der Waals surface area contributed by atoms with Crippen LogP contribution in [0.3, 0.4) is 0 Å². The van der Waals surface area contributed by atoms with Crippen LogP contribution >= 0.6 is 0 Å². The van der Waals surface area contributed by atoms with Crippen LogP contribution in [0.15, 0.2) is 12.1 Å². The quantitative estimate of drug-likeness (QED) is 0.773. The van der Waals surface area contributed by atoms with Crippen LogP contribution in [0.1, 0.15) is 50.2 Å². The van der Waals surface area contributed by atoms with Gasteiger partial charge in [0.15, 0.2) is 0 Å². The van der Waals surface area contributed by atoms with E-state index in [0.717, 1.165) is 30.9 Å². The molecule has 0 aliphatic heterocycles. The molecule has 1 rings (SSSR count). The first-order valence-electron chi connectivity index (χ1n) is 7.50. The van der Waals surface area contributed by atoms with Crippen molar-refractivity contribution in [3.63, 3.8) is 0 Å². The summed E-state index contributed by atoms with van der Waals surface area (Å²) < 4.78 is 5.31. The van der Waals surface area contributed by atoms with Gasteiger partial charge in [-0.2, -0.15) is 0 Å². The minimum Gasteiger partial charge on any atom is -0.377 e. The summed E-state index contributed by atoms with van der Waals surface area (Å²) in [5.41, 5.74) is 1.20. The maximum Gasteiger partial charge on any atom is 0.251 e. The summed E-state index contributed by atoms with van der Waals surface area (Å²) >= 11 is 0. The minimum absolute atomic E-state index is 0.0981. The summed E-state index contributed by atoms with van der Waals surface area (Å²) in [4.78, 5) is 16.8. The zero-order valence-electron chi connectivity index (χ0n) is 13.7. The Bertz CT molecular complexity index is 448. The Labute approximate surface area is 127 Å². The van der Waals surface area contributed by atoms with Gasteiger partial charge in [-0.05, 0) is 39.3 Å². The van der Waals surface area contributed by atoms with E-state index in [1.165, 1.54) is 0 Å². The van der Waals surface area contributed by atoms with Crippen molar-refractivity contribution >= 4 is 11.7 Å². The highest BCUT2D eigenvalue weighted by atomic mass is 16.5. The lowest BCUT2D eigenvalue weighted by Crippen LogP contribution is -2.39. The molecule has 1 aromatic heterocycles. The van der Waals surface area contributed by atoms with Crippen LogP contribution in [0.5, 0.6) is 0 Å². The summed E-state index contributed by atoms with van der Waals surface area (Å²) in [6, 6.07) is 3.65. The predicted molar refractivity (Wildman–Crippen MR) is 85.8 cm³/mol. The first kappa shape index (κ1) is 17.4. The average molecular weight is 293 g/mol. The molecule has 5 nitrogen and oxygen atoms in total. The molecule has 1 aromatic rings. The lowest BCUT2D eigenvalue weighted by Gasteiger charge is -2.23. The van der Waals surface area contributed by atoms with Gasteiger partial charge >= 0.3 is 0 Å². The van der Waals surface area contributed by atoms with E-state index in [2.05, 4.69) is 22.5 Å². The Hall–Kier alpha value is -1.62. The summed E-state index contributed by atoms with van der Waals surface area (Å²) in [6.07, 6.45) is 1.86. The van der Waals surface area contributed by atoms with Crippen LogP contribution < -0.4 is 10.6 Å². The number of aromatic nitrogens is 1. The fraction of sp³-hybridized carbons (Fsp3) is 0.625. The molecule has 1 heterocycles. The summed E-state index contributed by atoms with van der Waals surface area (Å²) in [6.45, 7) is 9.22. The first-order valence-corrected chi connectivity index (χ1v) is 7.50. The Morgan fingerprint density at radius 2 is 2.05 bits per heavy atom. The highest BCUT2D eigenvalue weighted by molar-refractivity contribution is 5.95. The van der Waals surface area contributed by atoms with Crippen molar-refractivity contribution in [3.8, 4) is 0 Å². The number of ether oxygens (including phenoxy) is 1. The van der Waals surface area contributed by atoms with Gasteiger partial charge in [-0.25, -0.2) is 4.98 Å². The number of carbonyl (C=O) groups is 1. The second-order valence-electron chi connectivity index (χ2n) is 5.66. The Morgan fingerprint density at radius 3 is 2.62 bits per heavy atom. The Morgan fingerprint density at radius 1 is 1.33 bits per heavy atom. The Balaban J connectivity index is 2.86. The molecule has 0 aliphatic carbocycles. The van der Waals surface area contributed by atoms with Crippen molar-refractivity contribution in [1.29, 1.82) is 0 Å². The SMILES string of the molecule is CCCc1cc(C(=O)NCC(C)(C)OC)cc(NCC)n1. The van der Waals surface area contributed by atoms with Crippen molar-refractivity contribution in [2.75, 3.05) is 25.5 Å². The van der Waals surface area contributed by atoms with Crippen molar-refractivity contribution in [2.45, 2.75) is 46.1 Å². The van der Waals surface area contributed by atoms with Crippen molar-refractivity contribution in [2.24, 2.45) is 0 Å². The largest absolute Gasteiger partial charge is 0.377 e. The fourth-order valence-corrected chi connectivity index (χ4v) is 1.84. The van der Waals surface area contributed by atoms with Crippen LogP contribution in [0.2, 0.25) is 0 Å². The number of anilines is 1. The third-order valence-electron chi connectivity index (χ3n) is 3.23. The molecule has 0 saturated carbocycles. The molecule has 0 aromatic carbocycles. The highest BCUT2D eigenvalue weighted by Gasteiger charge is 2.18. The van der Waals surface area contributed by atoms with Gasteiger partial charge in [0.1, 0.15) is 5.82 Å². The molecule has 0 saturated heterocycles. The number of nitrogens with zero attached hydrogens (tertiary/aromatic N) is 1. The van der Waals surface area contributed by atoms with E-state index in [-0.39, 0.29) is 11.5 Å². The van der Waals surface area contributed by atoms with Gasteiger partial charge in [0.2, 0.25) is 0 Å². The molecule has 0 spiro atoms. The molecule has 0 atom stereocenters. The number of hydrogen-bond acceptors (Lipinski definition) is 4. The van der Waals surface area contributed by atoms with E-state index in [4.69, 9.17) is 4.74 Å². The van der Waals surface area contributed by atoms with Crippen molar-refractivity contribution in [3.05, 3.63) is 23.4 Å². The maximum absolute atomic E-state index is 12.3. The van der Waals surface area contributed by atoms with Gasteiger partial charge in [-0.3, -0.25) is 4.79 Å². The molecular weight excluding hydrogens is 266 g/mol. The average Bonchev–Trinajstić information content (AvgIpc) is 2.45. The van der Waals surface area contributed by atoms with Gasteiger partial charge in [0.25, 0.3) is 5.91 Å². The minimum atomic E-state index is -0.376. The topological polar surface area (TPSA) is 63.2 Å². The number of methoxy groups -OCH3 is 1. The molecular formula is C16H27N3O2. The number of pyridine rings is 1. The van der Waals surface area contributed by atoms with E-state index in [1.54, 1.807) is 13.2 Å². The number of hydrogen-bond donors (Lipinski definition) is 2. The second kappa shape index (κ2) is 7.98. The number of carbonyl (C=O) groups excluding carboxylic acids is 1. The molecule has 0 radical (unpaired) electrons. The monoisotopic (exact) mass is 293 g/mol. The van der Waals surface area contributed by atoms with Crippen LogP contribution in [-0.4, -0.2) is 36.7 Å². The third-order valence-corrected chi connectivity index (χ3v) is 3.23. The highest BCUT2D eigenvalue weighted by Crippen LogP contribution is 2.13. The smallest absolute Gasteiger partial charge is 0.251 e. The zero-order valence-corrected chi connectivity index (χ0v) is 13.7. The molecule has 0 unspecified atom stereocenters. The number of amides is 1.